The number of amides is 1. The van der Waals surface area contributed by atoms with Crippen LogP contribution in [0.1, 0.15) is 51.1 Å². The van der Waals surface area contributed by atoms with Crippen molar-refractivity contribution in [2.75, 3.05) is 13.1 Å². The average molecular weight is 367 g/mol. The quantitative estimate of drug-likeness (QED) is 0.763. The molecule has 2 aromatic rings. The maximum Gasteiger partial charge on any atom is 0.256 e. The second-order valence-corrected chi connectivity index (χ2v) is 7.61. The van der Waals surface area contributed by atoms with E-state index in [1.807, 2.05) is 26.0 Å². The highest BCUT2D eigenvalue weighted by Gasteiger charge is 2.44. The fourth-order valence-corrected chi connectivity index (χ4v) is 4.22. The lowest BCUT2D eigenvalue weighted by Crippen LogP contribution is -2.52. The van der Waals surface area contributed by atoms with Gasteiger partial charge in [-0.1, -0.05) is 18.2 Å². The van der Waals surface area contributed by atoms with E-state index in [9.17, 15) is 14.0 Å². The molecule has 1 amide bonds. The molecule has 1 saturated heterocycles. The summed E-state index contributed by atoms with van der Waals surface area (Å²) in [6.07, 6.45) is 1.45. The van der Waals surface area contributed by atoms with Gasteiger partial charge in [-0.3, -0.25) is 9.59 Å². The number of piperidine rings is 1. The summed E-state index contributed by atoms with van der Waals surface area (Å²) in [5.74, 6) is -0.0656. The summed E-state index contributed by atoms with van der Waals surface area (Å²) in [7, 11) is 0. The number of hydrogen-bond donors (Lipinski definition) is 0. The number of carbonyl (C=O) groups is 2. The molecule has 1 spiro atoms. The molecule has 0 N–H and O–H groups in total. The van der Waals surface area contributed by atoms with Crippen molar-refractivity contribution in [2.45, 2.75) is 38.7 Å². The van der Waals surface area contributed by atoms with E-state index < -0.39 is 11.4 Å². The molecule has 0 atom stereocenters. The van der Waals surface area contributed by atoms with Crippen LogP contribution in [0.5, 0.6) is 5.75 Å². The lowest BCUT2D eigenvalue weighted by atomic mass is 9.81. The van der Waals surface area contributed by atoms with Crippen molar-refractivity contribution in [1.29, 1.82) is 0 Å². The van der Waals surface area contributed by atoms with Crippen LogP contribution in [-0.4, -0.2) is 35.3 Å². The average Bonchev–Trinajstić information content (AvgIpc) is 2.61. The molecule has 5 heteroatoms. The number of ketones is 1. The molecule has 0 unspecified atom stereocenters. The zero-order chi connectivity index (χ0) is 19.2. The number of benzene rings is 2. The molecular formula is C22H22FNO3. The van der Waals surface area contributed by atoms with Crippen LogP contribution in [0.3, 0.4) is 0 Å². The highest BCUT2D eigenvalue weighted by atomic mass is 19.1. The van der Waals surface area contributed by atoms with Crippen molar-refractivity contribution in [1.82, 2.24) is 4.90 Å². The van der Waals surface area contributed by atoms with Crippen LogP contribution < -0.4 is 4.74 Å². The van der Waals surface area contributed by atoms with Crippen LogP contribution in [0.2, 0.25) is 0 Å². The number of fused-ring (bicyclic) bond motifs is 1. The van der Waals surface area contributed by atoms with Crippen molar-refractivity contribution in [3.63, 3.8) is 0 Å². The van der Waals surface area contributed by atoms with Crippen LogP contribution in [-0.2, 0) is 0 Å². The number of aryl methyl sites for hydroxylation is 2. The molecule has 2 aliphatic heterocycles. The minimum absolute atomic E-state index is 0.0886. The molecule has 2 aromatic carbocycles. The van der Waals surface area contributed by atoms with Gasteiger partial charge in [0.05, 0.1) is 17.5 Å². The van der Waals surface area contributed by atoms with Gasteiger partial charge in [0.2, 0.25) is 0 Å². The number of likely N-dealkylation sites (tertiary alicyclic amines) is 1. The lowest BCUT2D eigenvalue weighted by molar-refractivity contribution is -0.00589. The van der Waals surface area contributed by atoms with E-state index in [1.165, 1.54) is 12.1 Å². The van der Waals surface area contributed by atoms with Crippen molar-refractivity contribution in [3.8, 4) is 5.75 Å². The van der Waals surface area contributed by atoms with Crippen LogP contribution in [0.25, 0.3) is 0 Å². The lowest BCUT2D eigenvalue weighted by Gasteiger charge is -2.44. The molecule has 140 valence electrons. The maximum absolute atomic E-state index is 13.9. The number of ether oxygens (including phenoxy) is 1. The first-order chi connectivity index (χ1) is 12.9. The first-order valence-electron chi connectivity index (χ1n) is 9.26. The summed E-state index contributed by atoms with van der Waals surface area (Å²) in [6.45, 7) is 4.81. The van der Waals surface area contributed by atoms with Gasteiger partial charge in [0.15, 0.2) is 5.78 Å². The van der Waals surface area contributed by atoms with Crippen LogP contribution in [0.15, 0.2) is 36.4 Å². The Morgan fingerprint density at radius 3 is 2.56 bits per heavy atom. The Morgan fingerprint density at radius 2 is 1.85 bits per heavy atom. The number of carbonyl (C=O) groups excluding carboxylic acids is 2. The van der Waals surface area contributed by atoms with Gasteiger partial charge in [-0.2, -0.15) is 0 Å². The van der Waals surface area contributed by atoms with Gasteiger partial charge < -0.3 is 9.64 Å². The van der Waals surface area contributed by atoms with Crippen molar-refractivity contribution in [3.05, 3.63) is 64.5 Å². The van der Waals surface area contributed by atoms with E-state index in [1.54, 1.807) is 17.0 Å². The molecule has 1 fully saturated rings. The third kappa shape index (κ3) is 3.11. The smallest absolute Gasteiger partial charge is 0.256 e. The Hall–Kier alpha value is -2.69. The van der Waals surface area contributed by atoms with Gasteiger partial charge in [0.1, 0.15) is 17.2 Å². The van der Waals surface area contributed by atoms with Crippen molar-refractivity contribution >= 4 is 11.7 Å². The summed E-state index contributed by atoms with van der Waals surface area (Å²) in [6, 6.07) is 9.94. The van der Waals surface area contributed by atoms with E-state index in [0.717, 1.165) is 11.1 Å². The third-order valence-electron chi connectivity index (χ3n) is 5.60. The zero-order valence-corrected chi connectivity index (χ0v) is 15.5. The minimum Gasteiger partial charge on any atom is -0.486 e. The largest absolute Gasteiger partial charge is 0.486 e. The third-order valence-corrected chi connectivity index (χ3v) is 5.60. The molecular weight excluding hydrogens is 345 g/mol. The van der Waals surface area contributed by atoms with E-state index >= 15 is 0 Å². The van der Waals surface area contributed by atoms with Gasteiger partial charge in [-0.25, -0.2) is 4.39 Å². The highest BCUT2D eigenvalue weighted by molar-refractivity contribution is 6.02. The van der Waals surface area contributed by atoms with Crippen molar-refractivity contribution < 1.29 is 18.7 Å². The first-order valence-corrected chi connectivity index (χ1v) is 9.26. The zero-order valence-electron chi connectivity index (χ0n) is 15.5. The first kappa shape index (κ1) is 17.7. The summed E-state index contributed by atoms with van der Waals surface area (Å²) in [5, 5.41) is 0. The summed E-state index contributed by atoms with van der Waals surface area (Å²) in [4.78, 5) is 27.0. The van der Waals surface area contributed by atoms with E-state index in [4.69, 9.17) is 4.74 Å². The van der Waals surface area contributed by atoms with Gasteiger partial charge in [-0.05, 0) is 43.2 Å². The van der Waals surface area contributed by atoms with Gasteiger partial charge in [0, 0.05) is 25.9 Å². The highest BCUT2D eigenvalue weighted by Crippen LogP contribution is 2.41. The topological polar surface area (TPSA) is 46.6 Å². The van der Waals surface area contributed by atoms with Crippen LogP contribution in [0, 0.1) is 19.7 Å². The summed E-state index contributed by atoms with van der Waals surface area (Å²) >= 11 is 0. The number of halogens is 1. The predicted molar refractivity (Wildman–Crippen MR) is 99.8 cm³/mol. The van der Waals surface area contributed by atoms with Crippen LogP contribution in [0.4, 0.5) is 4.39 Å². The normalized spacial score (nSPS) is 18.2. The van der Waals surface area contributed by atoms with Gasteiger partial charge in [-0.15, -0.1) is 0 Å². The van der Waals surface area contributed by atoms with E-state index in [2.05, 4.69) is 0 Å². The van der Waals surface area contributed by atoms with Crippen LogP contribution >= 0.6 is 0 Å². The Kier molecular flexibility index (Phi) is 4.25. The molecule has 0 radical (unpaired) electrons. The summed E-state index contributed by atoms with van der Waals surface area (Å²) < 4.78 is 20.2. The molecule has 27 heavy (non-hydrogen) atoms. The Bertz CT molecular complexity index is 929. The second-order valence-electron chi connectivity index (χ2n) is 7.61. The van der Waals surface area contributed by atoms with E-state index in [0.29, 0.717) is 43.7 Å². The number of Topliss-reactive ketones (excluding diaryl/α,β-unsaturated/α-hetero) is 1. The SMILES string of the molecule is Cc1cc(C)c2c(c1)OC1(CCN(C(=O)c3ccccc3F)CC1)CC2=O. The van der Waals surface area contributed by atoms with Crippen molar-refractivity contribution in [2.24, 2.45) is 0 Å². The minimum atomic E-state index is -0.573. The monoisotopic (exact) mass is 367 g/mol. The van der Waals surface area contributed by atoms with Gasteiger partial charge >= 0.3 is 0 Å². The molecule has 2 aliphatic rings. The van der Waals surface area contributed by atoms with E-state index in [-0.39, 0.29) is 17.3 Å². The number of rotatable bonds is 1. The molecule has 0 aliphatic carbocycles. The standard InChI is InChI=1S/C22H22FNO3/c1-14-11-15(2)20-18(25)13-22(27-19(20)12-14)7-9-24(10-8-22)21(26)16-5-3-4-6-17(16)23/h3-6,11-12H,7-10,13H2,1-2H3. The number of hydrogen-bond acceptors (Lipinski definition) is 3. The number of nitrogens with zero attached hydrogens (tertiary/aromatic N) is 1. The molecule has 0 saturated carbocycles. The molecule has 4 rings (SSSR count). The maximum atomic E-state index is 13.9. The van der Waals surface area contributed by atoms with Gasteiger partial charge in [0.25, 0.3) is 5.91 Å². The Morgan fingerprint density at radius 1 is 1.15 bits per heavy atom. The fourth-order valence-electron chi connectivity index (χ4n) is 4.22. The molecule has 0 aromatic heterocycles. The summed E-state index contributed by atoms with van der Waals surface area (Å²) in [5.41, 5.74) is 2.19. The molecule has 4 nitrogen and oxygen atoms in total. The molecule has 2 heterocycles. The second kappa shape index (κ2) is 6.48. The molecule has 0 bridgehead atoms. The predicted octanol–water partition coefficient (Wildman–Crippen LogP) is 4.08. The fraction of sp³-hybridized carbons (Fsp3) is 0.364. The Balaban J connectivity index is 1.53. The Labute approximate surface area is 157 Å².